The first-order valence-corrected chi connectivity index (χ1v) is 6.27. The molecule has 0 saturated heterocycles. The third-order valence-electron chi connectivity index (χ3n) is 3.26. The van der Waals surface area contributed by atoms with Gasteiger partial charge in [0.2, 0.25) is 0 Å². The first kappa shape index (κ1) is 12.7. The maximum Gasteiger partial charge on any atom is 0.326 e. The molecule has 2 rings (SSSR count). The van der Waals surface area contributed by atoms with Gasteiger partial charge in [-0.3, -0.25) is 9.59 Å². The molecule has 1 aliphatic rings. The zero-order chi connectivity index (χ0) is 13.0. The first-order chi connectivity index (χ1) is 8.65. The highest BCUT2D eigenvalue weighted by atomic mass is 16.5. The van der Waals surface area contributed by atoms with E-state index in [1.165, 1.54) is 35.7 Å². The van der Waals surface area contributed by atoms with E-state index in [1.807, 2.05) is 0 Å². The van der Waals surface area contributed by atoms with E-state index in [4.69, 9.17) is 10.5 Å². The van der Waals surface area contributed by atoms with Crippen LogP contribution in [0.3, 0.4) is 0 Å². The Hall–Kier alpha value is -1.78. The number of nitrogen functional groups attached to an aromatic ring is 1. The number of ether oxygens (including phenoxy) is 1. The number of hydrogen-bond acceptors (Lipinski definition) is 4. The number of carbonyl (C=O) groups excluding carboxylic acids is 1. The van der Waals surface area contributed by atoms with Gasteiger partial charge in [0, 0.05) is 18.0 Å². The lowest BCUT2D eigenvalue weighted by Crippen LogP contribution is -2.25. The van der Waals surface area contributed by atoms with Crippen molar-refractivity contribution in [2.24, 2.45) is 5.92 Å². The Morgan fingerprint density at radius 2 is 2.11 bits per heavy atom. The number of nitrogens with zero attached hydrogens (tertiary/aromatic N) is 1. The zero-order valence-corrected chi connectivity index (χ0v) is 10.3. The van der Waals surface area contributed by atoms with Crippen molar-refractivity contribution < 1.29 is 9.53 Å². The van der Waals surface area contributed by atoms with Gasteiger partial charge in [0.05, 0.1) is 6.61 Å². The van der Waals surface area contributed by atoms with Crippen molar-refractivity contribution in [2.45, 2.75) is 32.2 Å². The Morgan fingerprint density at radius 1 is 1.39 bits per heavy atom. The van der Waals surface area contributed by atoms with E-state index >= 15 is 0 Å². The first-order valence-electron chi connectivity index (χ1n) is 6.27. The van der Waals surface area contributed by atoms with E-state index in [2.05, 4.69) is 0 Å². The minimum Gasteiger partial charge on any atom is -0.464 e. The Labute approximate surface area is 106 Å². The number of nitrogens with two attached hydrogens (primary N) is 1. The fourth-order valence-electron chi connectivity index (χ4n) is 2.25. The van der Waals surface area contributed by atoms with Crippen LogP contribution in [0, 0.1) is 5.92 Å². The van der Waals surface area contributed by atoms with Gasteiger partial charge in [0.25, 0.3) is 5.56 Å². The molecule has 0 bridgehead atoms. The summed E-state index contributed by atoms with van der Waals surface area (Å²) in [5, 5.41) is 0. The van der Waals surface area contributed by atoms with Gasteiger partial charge in [-0.15, -0.1) is 0 Å². The second kappa shape index (κ2) is 5.71. The van der Waals surface area contributed by atoms with E-state index in [0.717, 1.165) is 12.8 Å². The van der Waals surface area contributed by atoms with E-state index in [9.17, 15) is 9.59 Å². The monoisotopic (exact) mass is 250 g/mol. The molecule has 0 atom stereocenters. The smallest absolute Gasteiger partial charge is 0.326 e. The van der Waals surface area contributed by atoms with Crippen LogP contribution in [0.15, 0.2) is 23.1 Å². The lowest BCUT2D eigenvalue weighted by molar-refractivity contribution is -0.145. The number of carbonyl (C=O) groups is 1. The molecule has 1 aromatic heterocycles. The Morgan fingerprint density at radius 3 is 2.83 bits per heavy atom. The van der Waals surface area contributed by atoms with Gasteiger partial charge < -0.3 is 15.0 Å². The molecule has 1 aromatic rings. The van der Waals surface area contributed by atoms with Crippen molar-refractivity contribution >= 4 is 11.7 Å². The molecule has 2 N–H and O–H groups in total. The van der Waals surface area contributed by atoms with Crippen molar-refractivity contribution in [3.63, 3.8) is 0 Å². The third kappa shape index (κ3) is 3.35. The van der Waals surface area contributed by atoms with Crippen molar-refractivity contribution in [3.05, 3.63) is 28.7 Å². The van der Waals surface area contributed by atoms with Crippen LogP contribution in [-0.4, -0.2) is 17.1 Å². The van der Waals surface area contributed by atoms with Gasteiger partial charge in [-0.1, -0.05) is 12.8 Å². The Balaban J connectivity index is 1.86. The molecule has 5 heteroatoms. The Bertz CT molecular complexity index is 475. The van der Waals surface area contributed by atoms with Crippen LogP contribution in [0.5, 0.6) is 0 Å². The minimum atomic E-state index is -0.380. The van der Waals surface area contributed by atoms with Crippen LogP contribution in [0.2, 0.25) is 0 Å². The quantitative estimate of drug-likeness (QED) is 0.814. The SMILES string of the molecule is Nc1ccc(=O)n(CC(=O)OCC2CCCC2)c1. The average molecular weight is 250 g/mol. The predicted octanol–water partition coefficient (Wildman–Crippen LogP) is 1.16. The van der Waals surface area contributed by atoms with Gasteiger partial charge in [-0.05, 0) is 24.8 Å². The molecule has 0 amide bonds. The van der Waals surface area contributed by atoms with Crippen LogP contribution < -0.4 is 11.3 Å². The normalized spacial score (nSPS) is 15.8. The molecule has 1 fully saturated rings. The van der Waals surface area contributed by atoms with Crippen molar-refractivity contribution in [2.75, 3.05) is 12.3 Å². The standard InChI is InChI=1S/C13H18N2O3/c14-11-5-6-12(16)15(7-11)8-13(17)18-9-10-3-1-2-4-10/h5-7,10H,1-4,8-9,14H2. The summed E-state index contributed by atoms with van der Waals surface area (Å²) in [6, 6.07) is 2.86. The van der Waals surface area contributed by atoms with Crippen LogP contribution in [0.4, 0.5) is 5.69 Å². The molecule has 18 heavy (non-hydrogen) atoms. The van der Waals surface area contributed by atoms with Crippen molar-refractivity contribution in [1.29, 1.82) is 0 Å². The van der Waals surface area contributed by atoms with Crippen molar-refractivity contribution in [1.82, 2.24) is 4.57 Å². The third-order valence-corrected chi connectivity index (χ3v) is 3.26. The van der Waals surface area contributed by atoms with Crippen LogP contribution in [-0.2, 0) is 16.1 Å². The molecular formula is C13H18N2O3. The van der Waals surface area contributed by atoms with E-state index < -0.39 is 0 Å². The van der Waals surface area contributed by atoms with E-state index in [-0.39, 0.29) is 18.1 Å². The van der Waals surface area contributed by atoms with Gasteiger partial charge in [0.15, 0.2) is 0 Å². The zero-order valence-electron chi connectivity index (χ0n) is 10.3. The maximum absolute atomic E-state index is 11.6. The molecule has 1 aliphatic carbocycles. The molecule has 0 unspecified atom stereocenters. The highest BCUT2D eigenvalue weighted by Gasteiger charge is 2.17. The summed E-state index contributed by atoms with van der Waals surface area (Å²) >= 11 is 0. The Kier molecular flexibility index (Phi) is 4.02. The van der Waals surface area contributed by atoms with Gasteiger partial charge in [-0.2, -0.15) is 0 Å². The molecule has 0 spiro atoms. The molecule has 0 aliphatic heterocycles. The molecule has 0 radical (unpaired) electrons. The summed E-state index contributed by atoms with van der Waals surface area (Å²) in [6.45, 7) is 0.395. The molecule has 0 aromatic carbocycles. The molecule has 1 heterocycles. The summed E-state index contributed by atoms with van der Waals surface area (Å²) in [7, 11) is 0. The highest BCUT2D eigenvalue weighted by molar-refractivity contribution is 5.69. The van der Waals surface area contributed by atoms with Crippen molar-refractivity contribution in [3.8, 4) is 0 Å². The summed E-state index contributed by atoms with van der Waals surface area (Å²) in [5.41, 5.74) is 5.77. The van der Waals surface area contributed by atoms with Gasteiger partial charge in [0.1, 0.15) is 6.54 Å². The fourth-order valence-corrected chi connectivity index (χ4v) is 2.25. The minimum absolute atomic E-state index is 0.0728. The number of pyridine rings is 1. The lowest BCUT2D eigenvalue weighted by atomic mass is 10.1. The largest absolute Gasteiger partial charge is 0.464 e. The molecule has 1 saturated carbocycles. The lowest BCUT2D eigenvalue weighted by Gasteiger charge is -2.11. The molecule has 5 nitrogen and oxygen atoms in total. The van der Waals surface area contributed by atoms with Gasteiger partial charge in [-0.25, -0.2) is 0 Å². The molecule has 98 valence electrons. The summed E-state index contributed by atoms with van der Waals surface area (Å²) in [5.74, 6) is 0.112. The second-order valence-corrected chi connectivity index (χ2v) is 4.76. The number of anilines is 1. The highest BCUT2D eigenvalue weighted by Crippen LogP contribution is 2.24. The number of hydrogen-bond donors (Lipinski definition) is 1. The molecular weight excluding hydrogens is 232 g/mol. The van der Waals surface area contributed by atoms with E-state index in [0.29, 0.717) is 18.2 Å². The summed E-state index contributed by atoms with van der Waals surface area (Å²) in [4.78, 5) is 23.1. The second-order valence-electron chi connectivity index (χ2n) is 4.76. The maximum atomic E-state index is 11.6. The fraction of sp³-hybridized carbons (Fsp3) is 0.538. The van der Waals surface area contributed by atoms with Crippen LogP contribution >= 0.6 is 0 Å². The number of esters is 1. The summed E-state index contributed by atoms with van der Waals surface area (Å²) < 4.78 is 6.46. The van der Waals surface area contributed by atoms with Crippen LogP contribution in [0.1, 0.15) is 25.7 Å². The average Bonchev–Trinajstić information content (AvgIpc) is 2.84. The van der Waals surface area contributed by atoms with E-state index in [1.54, 1.807) is 0 Å². The predicted molar refractivity (Wildman–Crippen MR) is 68.0 cm³/mol. The number of aromatic nitrogens is 1. The van der Waals surface area contributed by atoms with Crippen LogP contribution in [0.25, 0.3) is 0 Å². The van der Waals surface area contributed by atoms with Gasteiger partial charge >= 0.3 is 5.97 Å². The topological polar surface area (TPSA) is 74.3 Å². The summed E-state index contributed by atoms with van der Waals surface area (Å²) in [6.07, 6.45) is 6.16. The number of rotatable bonds is 4.